The number of nitrogens with one attached hydrogen (secondary N) is 1. The van der Waals surface area contributed by atoms with E-state index in [9.17, 15) is 4.79 Å². The van der Waals surface area contributed by atoms with E-state index < -0.39 is 0 Å². The summed E-state index contributed by atoms with van der Waals surface area (Å²) in [6, 6.07) is 11.2. The number of carbonyl (C=O) groups excluding carboxylic acids is 1. The van der Waals surface area contributed by atoms with Crippen molar-refractivity contribution in [1.82, 2.24) is 10.2 Å². The lowest BCUT2D eigenvalue weighted by Crippen LogP contribution is -2.55. The number of hydrogen-bond acceptors (Lipinski definition) is 3. The summed E-state index contributed by atoms with van der Waals surface area (Å²) in [5, 5.41) is 3.22. The Labute approximate surface area is 133 Å². The van der Waals surface area contributed by atoms with Gasteiger partial charge in [0, 0.05) is 30.6 Å². The number of fused-ring (bicyclic) bond motifs is 2. The first-order chi connectivity index (χ1) is 10.6. The van der Waals surface area contributed by atoms with E-state index in [0.29, 0.717) is 24.5 Å². The topological polar surface area (TPSA) is 58.4 Å². The number of benzene rings is 1. The normalized spacial score (nSPS) is 29.8. The first-order valence-electron chi connectivity index (χ1n) is 8.45. The van der Waals surface area contributed by atoms with E-state index in [1.54, 1.807) is 0 Å². The number of rotatable bonds is 4. The summed E-state index contributed by atoms with van der Waals surface area (Å²) in [7, 11) is 2.23. The largest absolute Gasteiger partial charge is 0.353 e. The summed E-state index contributed by atoms with van der Waals surface area (Å²) in [5.41, 5.74) is 7.17. The third-order valence-electron chi connectivity index (χ3n) is 5.34. The van der Waals surface area contributed by atoms with Gasteiger partial charge in [-0.05, 0) is 38.3 Å². The lowest BCUT2D eigenvalue weighted by Gasteiger charge is -2.47. The monoisotopic (exact) mass is 301 g/mol. The molecule has 4 heteroatoms. The van der Waals surface area contributed by atoms with Gasteiger partial charge in [0.05, 0.1) is 0 Å². The Hall–Kier alpha value is -1.39. The van der Waals surface area contributed by atoms with Crippen LogP contribution < -0.4 is 11.1 Å². The average Bonchev–Trinajstić information content (AvgIpc) is 2.49. The van der Waals surface area contributed by atoms with Gasteiger partial charge in [-0.25, -0.2) is 0 Å². The molecule has 4 nitrogen and oxygen atoms in total. The molecule has 0 aromatic heterocycles. The molecule has 2 saturated heterocycles. The van der Waals surface area contributed by atoms with Crippen molar-refractivity contribution >= 4 is 5.91 Å². The molecule has 3 rings (SSSR count). The lowest BCUT2D eigenvalue weighted by atomic mass is 9.82. The number of piperidine rings is 2. The molecule has 2 aliphatic rings. The second-order valence-electron chi connectivity index (χ2n) is 6.86. The first kappa shape index (κ1) is 15.5. The fraction of sp³-hybridized carbons (Fsp3) is 0.611. The minimum Gasteiger partial charge on any atom is -0.353 e. The predicted molar refractivity (Wildman–Crippen MR) is 88.3 cm³/mol. The minimum absolute atomic E-state index is 0.0870. The number of amides is 1. The highest BCUT2D eigenvalue weighted by Crippen LogP contribution is 2.32. The van der Waals surface area contributed by atoms with Crippen LogP contribution in [0.25, 0.3) is 0 Å². The van der Waals surface area contributed by atoms with Crippen molar-refractivity contribution in [3.8, 4) is 0 Å². The molecular formula is C18H27N3O. The van der Waals surface area contributed by atoms with Crippen LogP contribution in [0.5, 0.6) is 0 Å². The Morgan fingerprint density at radius 2 is 1.91 bits per heavy atom. The Balaban J connectivity index is 1.52. The molecule has 0 spiro atoms. The van der Waals surface area contributed by atoms with E-state index in [0.717, 1.165) is 18.4 Å². The maximum atomic E-state index is 12.3. The SMILES string of the molecule is CN1C2CCCC1CC(NC(=O)CC(N)c1ccccc1)C2. The van der Waals surface area contributed by atoms with Gasteiger partial charge in [-0.15, -0.1) is 0 Å². The second kappa shape index (κ2) is 6.80. The van der Waals surface area contributed by atoms with Gasteiger partial charge in [-0.2, -0.15) is 0 Å². The highest BCUT2D eigenvalue weighted by atomic mass is 16.1. The van der Waals surface area contributed by atoms with Gasteiger partial charge in [0.1, 0.15) is 0 Å². The standard InChI is InChI=1S/C18H27N3O/c1-21-15-8-5-9-16(21)11-14(10-15)20-18(22)12-17(19)13-6-3-2-4-7-13/h2-4,6-7,14-17H,5,8-12,19H2,1H3,(H,20,22). The van der Waals surface area contributed by atoms with Crippen LogP contribution in [-0.4, -0.2) is 36.0 Å². The Morgan fingerprint density at radius 3 is 2.55 bits per heavy atom. The van der Waals surface area contributed by atoms with Crippen molar-refractivity contribution < 1.29 is 4.79 Å². The summed E-state index contributed by atoms with van der Waals surface area (Å²) >= 11 is 0. The summed E-state index contributed by atoms with van der Waals surface area (Å²) < 4.78 is 0. The fourth-order valence-electron chi connectivity index (χ4n) is 4.04. The Kier molecular flexibility index (Phi) is 4.79. The third-order valence-corrected chi connectivity index (χ3v) is 5.34. The first-order valence-corrected chi connectivity index (χ1v) is 8.45. The van der Waals surface area contributed by atoms with Gasteiger partial charge in [0.25, 0.3) is 0 Å². The summed E-state index contributed by atoms with van der Waals surface area (Å²) in [6.07, 6.45) is 6.40. The van der Waals surface area contributed by atoms with Crippen molar-refractivity contribution in [3.63, 3.8) is 0 Å². The van der Waals surface area contributed by atoms with Crippen molar-refractivity contribution in [3.05, 3.63) is 35.9 Å². The third kappa shape index (κ3) is 3.50. The van der Waals surface area contributed by atoms with E-state index in [1.165, 1.54) is 19.3 Å². The highest BCUT2D eigenvalue weighted by Gasteiger charge is 2.36. The zero-order valence-electron chi connectivity index (χ0n) is 13.4. The molecule has 2 aliphatic heterocycles. The van der Waals surface area contributed by atoms with Crippen LogP contribution in [0.4, 0.5) is 0 Å². The number of hydrogen-bond donors (Lipinski definition) is 2. The fourth-order valence-corrected chi connectivity index (χ4v) is 4.04. The molecule has 2 heterocycles. The minimum atomic E-state index is -0.216. The number of nitrogens with two attached hydrogens (primary N) is 1. The highest BCUT2D eigenvalue weighted by molar-refractivity contribution is 5.77. The van der Waals surface area contributed by atoms with Gasteiger partial charge in [-0.3, -0.25) is 4.79 Å². The maximum Gasteiger partial charge on any atom is 0.222 e. The van der Waals surface area contributed by atoms with Crippen molar-refractivity contribution in [2.45, 2.75) is 62.7 Å². The molecule has 1 amide bonds. The van der Waals surface area contributed by atoms with Crippen LogP contribution >= 0.6 is 0 Å². The molecule has 0 saturated carbocycles. The molecule has 1 aromatic carbocycles. The average molecular weight is 301 g/mol. The van der Waals surface area contributed by atoms with E-state index in [2.05, 4.69) is 17.3 Å². The quantitative estimate of drug-likeness (QED) is 0.896. The van der Waals surface area contributed by atoms with Crippen LogP contribution in [0.1, 0.15) is 50.1 Å². The molecular weight excluding hydrogens is 274 g/mol. The van der Waals surface area contributed by atoms with E-state index in [4.69, 9.17) is 5.73 Å². The van der Waals surface area contributed by atoms with Crippen molar-refractivity contribution in [2.75, 3.05) is 7.05 Å². The van der Waals surface area contributed by atoms with Crippen LogP contribution in [0.3, 0.4) is 0 Å². The molecule has 120 valence electrons. The maximum absolute atomic E-state index is 12.3. The van der Waals surface area contributed by atoms with E-state index in [1.807, 2.05) is 30.3 Å². The van der Waals surface area contributed by atoms with Crippen LogP contribution in [-0.2, 0) is 4.79 Å². The van der Waals surface area contributed by atoms with Gasteiger partial charge >= 0.3 is 0 Å². The van der Waals surface area contributed by atoms with E-state index >= 15 is 0 Å². The number of nitrogens with zero attached hydrogens (tertiary/aromatic N) is 1. The van der Waals surface area contributed by atoms with E-state index in [-0.39, 0.29) is 11.9 Å². The van der Waals surface area contributed by atoms with Crippen LogP contribution in [0, 0.1) is 0 Å². The van der Waals surface area contributed by atoms with Gasteiger partial charge in [0.2, 0.25) is 5.91 Å². The molecule has 3 unspecified atom stereocenters. The predicted octanol–water partition coefficient (Wildman–Crippen LogP) is 2.21. The van der Waals surface area contributed by atoms with Crippen molar-refractivity contribution in [2.24, 2.45) is 5.73 Å². The molecule has 2 bridgehead atoms. The zero-order chi connectivity index (χ0) is 15.5. The van der Waals surface area contributed by atoms with Gasteiger partial charge in [-0.1, -0.05) is 36.8 Å². The lowest BCUT2D eigenvalue weighted by molar-refractivity contribution is -0.123. The van der Waals surface area contributed by atoms with Crippen LogP contribution in [0.2, 0.25) is 0 Å². The molecule has 0 radical (unpaired) electrons. The van der Waals surface area contributed by atoms with Crippen molar-refractivity contribution in [1.29, 1.82) is 0 Å². The van der Waals surface area contributed by atoms with Gasteiger partial charge < -0.3 is 16.0 Å². The smallest absolute Gasteiger partial charge is 0.222 e. The molecule has 3 N–H and O–H groups in total. The van der Waals surface area contributed by atoms with Gasteiger partial charge in [0.15, 0.2) is 0 Å². The van der Waals surface area contributed by atoms with Crippen LogP contribution in [0.15, 0.2) is 30.3 Å². The summed E-state index contributed by atoms with van der Waals surface area (Å²) in [5.74, 6) is 0.0870. The molecule has 2 fully saturated rings. The Bertz CT molecular complexity index is 490. The zero-order valence-corrected chi connectivity index (χ0v) is 13.4. The number of carbonyl (C=O) groups is 1. The second-order valence-corrected chi connectivity index (χ2v) is 6.86. The summed E-state index contributed by atoms with van der Waals surface area (Å²) in [6.45, 7) is 0. The molecule has 0 aliphatic carbocycles. The Morgan fingerprint density at radius 1 is 1.27 bits per heavy atom. The molecule has 1 aromatic rings. The molecule has 22 heavy (non-hydrogen) atoms. The summed E-state index contributed by atoms with van der Waals surface area (Å²) in [4.78, 5) is 14.8. The molecule has 3 atom stereocenters.